The summed E-state index contributed by atoms with van der Waals surface area (Å²) in [5, 5.41) is 4.99. The third-order valence-electron chi connectivity index (χ3n) is 4.17. The van der Waals surface area contributed by atoms with Crippen LogP contribution in [0.3, 0.4) is 0 Å². The minimum Gasteiger partial charge on any atom is -0.491 e. The van der Waals surface area contributed by atoms with Crippen molar-refractivity contribution >= 4 is 39.3 Å². The SMILES string of the molecule is Cc1ccc(NC(=O)Nc2ncc(C(c3ccncc3)S(=O)O)s2)c(OCC(C)C)c1. The van der Waals surface area contributed by atoms with Crippen LogP contribution in [0, 0.1) is 12.8 Å². The van der Waals surface area contributed by atoms with Gasteiger partial charge < -0.3 is 14.6 Å². The second-order valence-electron chi connectivity index (χ2n) is 7.29. The molecule has 2 heterocycles. The lowest BCUT2D eigenvalue weighted by molar-refractivity contribution is 0.260. The Labute approximate surface area is 187 Å². The molecule has 2 amide bonds. The number of anilines is 2. The van der Waals surface area contributed by atoms with Crippen LogP contribution in [0.5, 0.6) is 5.75 Å². The highest BCUT2D eigenvalue weighted by molar-refractivity contribution is 7.79. The minimum atomic E-state index is -2.15. The first-order valence-electron chi connectivity index (χ1n) is 9.60. The van der Waals surface area contributed by atoms with Crippen LogP contribution in [0.4, 0.5) is 15.6 Å². The number of hydrogen-bond donors (Lipinski definition) is 3. The molecular weight excluding hydrogens is 436 g/mol. The molecule has 0 bridgehead atoms. The Morgan fingerprint density at radius 3 is 2.65 bits per heavy atom. The number of nitrogens with zero attached hydrogens (tertiary/aromatic N) is 2. The third-order valence-corrected chi connectivity index (χ3v) is 6.23. The van der Waals surface area contributed by atoms with Crippen LogP contribution in [0.15, 0.2) is 48.9 Å². The first-order valence-corrected chi connectivity index (χ1v) is 11.6. The van der Waals surface area contributed by atoms with E-state index in [2.05, 4.69) is 20.6 Å². The zero-order valence-corrected chi connectivity index (χ0v) is 19.0. The normalized spacial score (nSPS) is 12.9. The van der Waals surface area contributed by atoms with Crippen LogP contribution in [-0.2, 0) is 11.1 Å². The number of ether oxygens (including phenoxy) is 1. The van der Waals surface area contributed by atoms with Crippen molar-refractivity contribution in [3.63, 3.8) is 0 Å². The van der Waals surface area contributed by atoms with Crippen molar-refractivity contribution in [2.45, 2.75) is 26.0 Å². The molecule has 0 spiro atoms. The molecule has 0 saturated heterocycles. The number of benzene rings is 1. The largest absolute Gasteiger partial charge is 0.491 e. The quantitative estimate of drug-likeness (QED) is 0.415. The Balaban J connectivity index is 1.71. The van der Waals surface area contributed by atoms with Gasteiger partial charge in [0.1, 0.15) is 11.0 Å². The summed E-state index contributed by atoms with van der Waals surface area (Å²) >= 11 is -1.01. The summed E-state index contributed by atoms with van der Waals surface area (Å²) < 4.78 is 27.5. The fourth-order valence-electron chi connectivity index (χ4n) is 2.74. The van der Waals surface area contributed by atoms with Crippen LogP contribution in [-0.4, -0.2) is 31.4 Å². The summed E-state index contributed by atoms with van der Waals surface area (Å²) in [6.07, 6.45) is 4.61. The number of pyridine rings is 1. The summed E-state index contributed by atoms with van der Waals surface area (Å²) in [4.78, 5) is 21.2. The predicted molar refractivity (Wildman–Crippen MR) is 123 cm³/mol. The summed E-state index contributed by atoms with van der Waals surface area (Å²) in [5.74, 6) is 0.943. The maximum absolute atomic E-state index is 12.5. The van der Waals surface area contributed by atoms with Gasteiger partial charge in [-0.25, -0.2) is 14.0 Å². The van der Waals surface area contributed by atoms with Gasteiger partial charge in [0, 0.05) is 23.5 Å². The van der Waals surface area contributed by atoms with Crippen molar-refractivity contribution in [1.82, 2.24) is 9.97 Å². The van der Waals surface area contributed by atoms with Gasteiger partial charge in [0.05, 0.1) is 12.3 Å². The lowest BCUT2D eigenvalue weighted by Gasteiger charge is -2.14. The smallest absolute Gasteiger partial charge is 0.325 e. The second-order valence-corrected chi connectivity index (χ2v) is 9.37. The number of aromatic nitrogens is 2. The number of rotatable bonds is 8. The second kappa shape index (κ2) is 10.5. The standard InChI is InChI=1S/C21H24N4O4S2/c1-13(2)12-29-17-10-14(3)4-5-16(17)24-20(26)25-21-23-11-18(30-21)19(31(27)28)15-6-8-22-9-7-15/h4-11,13,19H,12H2,1-3H3,(H,27,28)(H2,23,24,25,26). The molecule has 3 N–H and O–H groups in total. The Hall–Kier alpha value is -2.82. The van der Waals surface area contributed by atoms with Gasteiger partial charge >= 0.3 is 6.03 Å². The molecule has 0 fully saturated rings. The van der Waals surface area contributed by atoms with E-state index in [1.54, 1.807) is 30.6 Å². The molecule has 0 aliphatic carbocycles. The number of thiazole rings is 1. The van der Waals surface area contributed by atoms with Crippen molar-refractivity contribution in [2.24, 2.45) is 5.92 Å². The fraction of sp³-hybridized carbons (Fsp3) is 0.286. The van der Waals surface area contributed by atoms with E-state index in [1.807, 2.05) is 32.9 Å². The van der Waals surface area contributed by atoms with Gasteiger partial charge in [-0.3, -0.25) is 10.3 Å². The van der Waals surface area contributed by atoms with Gasteiger partial charge in [-0.15, -0.1) is 0 Å². The van der Waals surface area contributed by atoms with E-state index in [-0.39, 0.29) is 0 Å². The van der Waals surface area contributed by atoms with Crippen molar-refractivity contribution in [3.8, 4) is 5.75 Å². The first-order chi connectivity index (χ1) is 14.8. The molecule has 31 heavy (non-hydrogen) atoms. The van der Waals surface area contributed by atoms with Crippen LogP contribution in [0.1, 0.15) is 35.1 Å². The molecule has 8 nitrogen and oxygen atoms in total. The topological polar surface area (TPSA) is 113 Å². The van der Waals surface area contributed by atoms with E-state index in [1.165, 1.54) is 6.20 Å². The van der Waals surface area contributed by atoms with Crippen molar-refractivity contribution in [2.75, 3.05) is 17.2 Å². The minimum absolute atomic E-state index is 0.314. The molecule has 0 radical (unpaired) electrons. The summed E-state index contributed by atoms with van der Waals surface area (Å²) in [7, 11) is 0. The van der Waals surface area contributed by atoms with E-state index < -0.39 is 22.4 Å². The fourth-order valence-corrected chi connectivity index (χ4v) is 4.61. The van der Waals surface area contributed by atoms with Crippen LogP contribution < -0.4 is 15.4 Å². The highest BCUT2D eigenvalue weighted by atomic mass is 32.2. The lowest BCUT2D eigenvalue weighted by Crippen LogP contribution is -2.20. The Morgan fingerprint density at radius 1 is 1.23 bits per heavy atom. The third kappa shape index (κ3) is 6.33. The number of amides is 2. The van der Waals surface area contributed by atoms with Gasteiger partial charge in [-0.05, 0) is 48.2 Å². The molecule has 164 valence electrons. The van der Waals surface area contributed by atoms with E-state index >= 15 is 0 Å². The summed E-state index contributed by atoms with van der Waals surface area (Å²) in [5.41, 5.74) is 2.21. The number of carbonyl (C=O) groups excluding carboxylic acids is 1. The maximum Gasteiger partial charge on any atom is 0.325 e. The number of nitrogens with one attached hydrogen (secondary N) is 2. The summed E-state index contributed by atoms with van der Waals surface area (Å²) in [6, 6.07) is 8.41. The van der Waals surface area contributed by atoms with Gasteiger partial charge in [0.25, 0.3) is 0 Å². The van der Waals surface area contributed by atoms with Gasteiger partial charge in [0.15, 0.2) is 16.2 Å². The molecule has 2 aromatic heterocycles. The number of urea groups is 1. The van der Waals surface area contributed by atoms with Crippen molar-refractivity contribution < 1.29 is 18.3 Å². The highest BCUT2D eigenvalue weighted by Gasteiger charge is 2.23. The number of hydrogen-bond acceptors (Lipinski definition) is 6. The molecule has 0 aliphatic rings. The zero-order valence-electron chi connectivity index (χ0n) is 17.4. The molecule has 3 rings (SSSR count). The van der Waals surface area contributed by atoms with E-state index in [0.29, 0.717) is 39.5 Å². The monoisotopic (exact) mass is 460 g/mol. The number of carbonyl (C=O) groups is 1. The first kappa shape index (κ1) is 22.9. The lowest BCUT2D eigenvalue weighted by atomic mass is 10.2. The Bertz CT molecular complexity index is 1060. The van der Waals surface area contributed by atoms with Gasteiger partial charge in [-0.2, -0.15) is 0 Å². The van der Waals surface area contributed by atoms with Crippen LogP contribution in [0.25, 0.3) is 0 Å². The maximum atomic E-state index is 12.5. The molecule has 0 aliphatic heterocycles. The van der Waals surface area contributed by atoms with Gasteiger partial charge in [-0.1, -0.05) is 31.3 Å². The summed E-state index contributed by atoms with van der Waals surface area (Å²) in [6.45, 7) is 6.58. The van der Waals surface area contributed by atoms with Gasteiger partial charge in [0.2, 0.25) is 0 Å². The predicted octanol–water partition coefficient (Wildman–Crippen LogP) is 4.84. The molecule has 2 atom stereocenters. The zero-order chi connectivity index (χ0) is 22.4. The molecule has 0 saturated carbocycles. The van der Waals surface area contributed by atoms with Crippen LogP contribution >= 0.6 is 11.3 Å². The number of aryl methyl sites for hydroxylation is 1. The Kier molecular flexibility index (Phi) is 7.72. The average molecular weight is 461 g/mol. The van der Waals surface area contributed by atoms with E-state index in [0.717, 1.165) is 16.9 Å². The van der Waals surface area contributed by atoms with E-state index in [9.17, 15) is 13.6 Å². The van der Waals surface area contributed by atoms with Crippen molar-refractivity contribution in [3.05, 3.63) is 64.9 Å². The van der Waals surface area contributed by atoms with Crippen LogP contribution in [0.2, 0.25) is 0 Å². The van der Waals surface area contributed by atoms with Crippen molar-refractivity contribution in [1.29, 1.82) is 0 Å². The molecule has 2 unspecified atom stereocenters. The molecule has 1 aromatic carbocycles. The Morgan fingerprint density at radius 2 is 1.97 bits per heavy atom. The van der Waals surface area contributed by atoms with E-state index in [4.69, 9.17) is 4.74 Å². The molecular formula is C21H24N4O4S2. The molecule has 3 aromatic rings. The highest BCUT2D eigenvalue weighted by Crippen LogP contribution is 2.33. The molecule has 10 heteroatoms. The average Bonchev–Trinajstić information content (AvgIpc) is 3.16.